The lowest BCUT2D eigenvalue weighted by molar-refractivity contribution is -0.139. The highest BCUT2D eigenvalue weighted by molar-refractivity contribution is 8.04. The Bertz CT molecular complexity index is 1630. The fraction of sp³-hybridized carbons (Fsp3) is 0.100. The van der Waals surface area contributed by atoms with Crippen LogP contribution in [0.15, 0.2) is 111 Å². The van der Waals surface area contributed by atoms with Crippen molar-refractivity contribution in [3.05, 3.63) is 119 Å². The zero-order chi connectivity index (χ0) is 29.9. The number of ether oxygens (including phenoxy) is 1. The predicted octanol–water partition coefficient (Wildman–Crippen LogP) is 6.54. The molecule has 0 atom stereocenters. The lowest BCUT2D eigenvalue weighted by Gasteiger charge is -2.13. The summed E-state index contributed by atoms with van der Waals surface area (Å²) in [6, 6.07) is 20.6. The molecular weight excluding hydrogens is 571 g/mol. The molecule has 12 heteroatoms. The summed E-state index contributed by atoms with van der Waals surface area (Å²) in [4.78, 5) is 41.1. The first-order valence-electron chi connectivity index (χ1n) is 12.4. The van der Waals surface area contributed by atoms with E-state index < -0.39 is 29.5 Å². The van der Waals surface area contributed by atoms with Crippen LogP contribution in [0.3, 0.4) is 0 Å². The van der Waals surface area contributed by atoms with E-state index in [1.165, 1.54) is 13.4 Å². The van der Waals surface area contributed by atoms with Gasteiger partial charge < -0.3 is 19.8 Å². The van der Waals surface area contributed by atoms with Crippen LogP contribution in [-0.2, 0) is 22.3 Å². The van der Waals surface area contributed by atoms with E-state index in [9.17, 15) is 27.6 Å². The molecule has 0 saturated heterocycles. The Labute approximate surface area is 242 Å². The van der Waals surface area contributed by atoms with E-state index in [-0.39, 0.29) is 22.7 Å². The number of alkyl halides is 3. The maximum absolute atomic E-state index is 13.4. The largest absolute Gasteiger partial charge is 0.497 e. The maximum atomic E-state index is 13.4. The molecule has 5 rings (SSSR count). The molecule has 0 bridgehead atoms. The molecular formula is C30H22F3N3O5S. The fourth-order valence-corrected chi connectivity index (χ4v) is 4.96. The average Bonchev–Trinajstić information content (AvgIpc) is 3.57. The fourth-order valence-electron chi connectivity index (χ4n) is 4.02. The Balaban J connectivity index is 1.33. The van der Waals surface area contributed by atoms with Crippen molar-refractivity contribution in [2.75, 3.05) is 17.7 Å². The number of anilines is 2. The molecule has 3 amide bonds. The quantitative estimate of drug-likeness (QED) is 0.213. The van der Waals surface area contributed by atoms with Crippen molar-refractivity contribution in [1.82, 2.24) is 4.90 Å². The Morgan fingerprint density at radius 2 is 1.57 bits per heavy atom. The van der Waals surface area contributed by atoms with Crippen LogP contribution >= 0.6 is 11.8 Å². The molecule has 8 nitrogen and oxygen atoms in total. The third kappa shape index (κ3) is 6.33. The van der Waals surface area contributed by atoms with Crippen molar-refractivity contribution >= 4 is 40.9 Å². The van der Waals surface area contributed by atoms with Gasteiger partial charge in [-0.2, -0.15) is 13.2 Å². The van der Waals surface area contributed by atoms with Crippen molar-refractivity contribution in [3.8, 4) is 5.75 Å². The number of nitrogens with one attached hydrogen (secondary N) is 2. The first-order valence-corrected chi connectivity index (χ1v) is 13.2. The van der Waals surface area contributed by atoms with Gasteiger partial charge >= 0.3 is 6.18 Å². The van der Waals surface area contributed by atoms with Crippen LogP contribution in [0.25, 0.3) is 0 Å². The molecule has 0 radical (unpaired) electrons. The molecule has 3 aromatic carbocycles. The first kappa shape index (κ1) is 28.6. The number of furan rings is 1. The van der Waals surface area contributed by atoms with Crippen LogP contribution < -0.4 is 15.4 Å². The van der Waals surface area contributed by atoms with Gasteiger partial charge in [0.15, 0.2) is 0 Å². The number of imide groups is 1. The van der Waals surface area contributed by atoms with E-state index in [0.29, 0.717) is 27.8 Å². The minimum absolute atomic E-state index is 0.0442. The lowest BCUT2D eigenvalue weighted by atomic mass is 10.1. The summed E-state index contributed by atoms with van der Waals surface area (Å²) in [6.07, 6.45) is -3.04. The van der Waals surface area contributed by atoms with Crippen molar-refractivity contribution in [2.24, 2.45) is 0 Å². The normalized spacial score (nSPS) is 13.5. The number of nitrogens with zero attached hydrogens (tertiary/aromatic N) is 1. The monoisotopic (exact) mass is 593 g/mol. The van der Waals surface area contributed by atoms with E-state index >= 15 is 0 Å². The van der Waals surface area contributed by atoms with E-state index in [4.69, 9.17) is 9.15 Å². The summed E-state index contributed by atoms with van der Waals surface area (Å²) in [7, 11) is 1.54. The molecule has 2 N–H and O–H groups in total. The van der Waals surface area contributed by atoms with Gasteiger partial charge in [0.25, 0.3) is 17.7 Å². The molecule has 0 spiro atoms. The third-order valence-corrected chi connectivity index (χ3v) is 7.28. The second-order valence-electron chi connectivity index (χ2n) is 8.99. The zero-order valence-electron chi connectivity index (χ0n) is 21.9. The molecule has 1 aliphatic rings. The molecule has 0 fully saturated rings. The molecule has 214 valence electrons. The maximum Gasteiger partial charge on any atom is 0.416 e. The number of rotatable bonds is 9. The number of carbonyl (C=O) groups excluding carboxylic acids is 3. The standard InChI is InChI=1S/C30H22F3N3O5S/c1-40-22-12-8-20(9-13-22)34-25-26(29(39)36(28(25)38)17-23-3-2-16-41-23)42-24-14-10-21(11-15-24)35-27(37)18-4-6-19(7-5-18)30(31,32)33/h2-16,34H,17H2,1H3,(H,35,37). The van der Waals surface area contributed by atoms with Crippen LogP contribution in [0.1, 0.15) is 21.7 Å². The van der Waals surface area contributed by atoms with Gasteiger partial charge in [-0.15, -0.1) is 0 Å². The van der Waals surface area contributed by atoms with E-state index in [1.807, 2.05) is 0 Å². The van der Waals surface area contributed by atoms with Gasteiger partial charge in [-0.25, -0.2) is 0 Å². The predicted molar refractivity (Wildman–Crippen MR) is 150 cm³/mol. The Morgan fingerprint density at radius 3 is 2.17 bits per heavy atom. The summed E-state index contributed by atoms with van der Waals surface area (Å²) in [6.45, 7) is -0.0442. The van der Waals surface area contributed by atoms with Gasteiger partial charge in [-0.05, 0) is 84.9 Å². The molecule has 42 heavy (non-hydrogen) atoms. The van der Waals surface area contributed by atoms with Crippen molar-refractivity contribution in [2.45, 2.75) is 17.6 Å². The van der Waals surface area contributed by atoms with E-state index in [2.05, 4.69) is 10.6 Å². The highest BCUT2D eigenvalue weighted by Gasteiger charge is 2.39. The SMILES string of the molecule is COc1ccc(NC2=C(Sc3ccc(NC(=O)c4ccc(C(F)(F)F)cc4)cc3)C(=O)N(Cc3ccco3)C2=O)cc1. The number of hydrogen-bond acceptors (Lipinski definition) is 7. The highest BCUT2D eigenvalue weighted by Crippen LogP contribution is 2.37. The van der Waals surface area contributed by atoms with Crippen LogP contribution in [0.2, 0.25) is 0 Å². The van der Waals surface area contributed by atoms with Crippen molar-refractivity contribution in [1.29, 1.82) is 0 Å². The summed E-state index contributed by atoms with van der Waals surface area (Å²) in [5, 5.41) is 5.69. The van der Waals surface area contributed by atoms with Crippen LogP contribution in [-0.4, -0.2) is 29.7 Å². The highest BCUT2D eigenvalue weighted by atomic mass is 32.2. The number of benzene rings is 3. The Kier molecular flexibility index (Phi) is 8.07. The molecule has 1 aliphatic heterocycles. The van der Waals surface area contributed by atoms with Gasteiger partial charge in [-0.3, -0.25) is 19.3 Å². The second-order valence-corrected chi connectivity index (χ2v) is 10.1. The van der Waals surface area contributed by atoms with Crippen molar-refractivity contribution < 1.29 is 36.7 Å². The third-order valence-electron chi connectivity index (χ3n) is 6.19. The number of halogens is 3. The minimum atomic E-state index is -4.50. The lowest BCUT2D eigenvalue weighted by Crippen LogP contribution is -2.31. The summed E-state index contributed by atoms with van der Waals surface area (Å²) in [5.74, 6) is -0.530. The number of thioether (sulfide) groups is 1. The van der Waals surface area contributed by atoms with Crippen LogP contribution in [0, 0.1) is 0 Å². The molecule has 4 aromatic rings. The minimum Gasteiger partial charge on any atom is -0.497 e. The van der Waals surface area contributed by atoms with Crippen molar-refractivity contribution in [3.63, 3.8) is 0 Å². The first-order chi connectivity index (χ1) is 20.1. The van der Waals surface area contributed by atoms with Gasteiger partial charge in [0, 0.05) is 21.8 Å². The molecule has 0 unspecified atom stereocenters. The van der Waals surface area contributed by atoms with Gasteiger partial charge in [-0.1, -0.05) is 11.8 Å². The molecule has 0 aliphatic carbocycles. The van der Waals surface area contributed by atoms with Gasteiger partial charge in [0.05, 0.1) is 25.5 Å². The van der Waals surface area contributed by atoms with Crippen LogP contribution in [0.4, 0.5) is 24.5 Å². The second kappa shape index (κ2) is 11.9. The number of methoxy groups -OCH3 is 1. The Morgan fingerprint density at radius 1 is 0.905 bits per heavy atom. The summed E-state index contributed by atoms with van der Waals surface area (Å²) in [5.41, 5.74) is 0.279. The van der Waals surface area contributed by atoms with Crippen LogP contribution in [0.5, 0.6) is 5.75 Å². The number of amides is 3. The average molecular weight is 594 g/mol. The summed E-state index contributed by atoms with van der Waals surface area (Å²) >= 11 is 1.07. The number of carbonyl (C=O) groups is 3. The Hall–Kier alpha value is -4.97. The molecule has 2 heterocycles. The van der Waals surface area contributed by atoms with E-state index in [1.54, 1.807) is 60.7 Å². The smallest absolute Gasteiger partial charge is 0.416 e. The van der Waals surface area contributed by atoms with Gasteiger partial charge in [0.1, 0.15) is 22.1 Å². The van der Waals surface area contributed by atoms with Gasteiger partial charge in [0.2, 0.25) is 0 Å². The number of hydrogen-bond donors (Lipinski definition) is 2. The topological polar surface area (TPSA) is 101 Å². The summed E-state index contributed by atoms with van der Waals surface area (Å²) < 4.78 is 48.9. The van der Waals surface area contributed by atoms with E-state index in [0.717, 1.165) is 40.9 Å². The molecule has 0 saturated carbocycles. The molecule has 1 aromatic heterocycles. The zero-order valence-corrected chi connectivity index (χ0v) is 22.7.